The molecule has 3 aliphatic rings. The van der Waals surface area contributed by atoms with Gasteiger partial charge in [-0.3, -0.25) is 13.8 Å². The number of amides is 2. The Bertz CT molecular complexity index is 967. The number of hydrogen-bond donors (Lipinski definition) is 1. The van der Waals surface area contributed by atoms with Crippen LogP contribution in [0.5, 0.6) is 11.5 Å². The van der Waals surface area contributed by atoms with Crippen molar-refractivity contribution in [3.8, 4) is 11.5 Å². The lowest BCUT2D eigenvalue weighted by Crippen LogP contribution is -2.58. The molecule has 8 nitrogen and oxygen atoms in total. The van der Waals surface area contributed by atoms with E-state index in [4.69, 9.17) is 14.2 Å². The van der Waals surface area contributed by atoms with E-state index in [-0.39, 0.29) is 35.9 Å². The van der Waals surface area contributed by atoms with Crippen molar-refractivity contribution >= 4 is 22.6 Å². The van der Waals surface area contributed by atoms with Crippen LogP contribution >= 0.6 is 0 Å². The number of nitrogens with one attached hydrogen (secondary N) is 1. The molecule has 188 valence electrons. The zero-order valence-corrected chi connectivity index (χ0v) is 21.5. The second-order valence-electron chi connectivity index (χ2n) is 10.2. The average Bonchev–Trinajstić information content (AvgIpc) is 2.79. The number of benzene rings is 1. The molecule has 2 amide bonds. The van der Waals surface area contributed by atoms with Crippen molar-refractivity contribution in [3.05, 3.63) is 23.8 Å². The fraction of sp³-hybridized carbons (Fsp3) is 0.680. The van der Waals surface area contributed by atoms with Gasteiger partial charge in [0.25, 0.3) is 0 Å². The maximum Gasteiger partial charge on any atom is 0.245 e. The number of carbonyl (C=O) groups excluding carboxylic acids is 2. The van der Waals surface area contributed by atoms with Crippen LogP contribution in [0.25, 0.3) is 0 Å². The number of ether oxygens (including phenoxy) is 3. The highest BCUT2D eigenvalue weighted by atomic mass is 32.2. The molecule has 1 aromatic carbocycles. The van der Waals surface area contributed by atoms with Crippen molar-refractivity contribution in [2.75, 3.05) is 32.2 Å². The zero-order valence-electron chi connectivity index (χ0n) is 20.7. The van der Waals surface area contributed by atoms with Crippen LogP contribution in [0.3, 0.4) is 0 Å². The Hall–Kier alpha value is -2.13. The molecule has 0 saturated carbocycles. The van der Waals surface area contributed by atoms with E-state index in [2.05, 4.69) is 19.2 Å². The normalized spacial score (nSPS) is 28.9. The highest BCUT2D eigenvalue weighted by Gasteiger charge is 2.51. The van der Waals surface area contributed by atoms with E-state index in [9.17, 15) is 13.8 Å². The minimum Gasteiger partial charge on any atom is -0.497 e. The molecule has 9 heteroatoms. The first-order chi connectivity index (χ1) is 16.1. The number of likely N-dealkylation sites (tertiary alicyclic amines) is 1. The van der Waals surface area contributed by atoms with Gasteiger partial charge in [0.2, 0.25) is 11.8 Å². The van der Waals surface area contributed by atoms with Crippen LogP contribution in [0.2, 0.25) is 0 Å². The highest BCUT2D eigenvalue weighted by Crippen LogP contribution is 2.53. The van der Waals surface area contributed by atoms with E-state index in [1.807, 2.05) is 23.1 Å². The van der Waals surface area contributed by atoms with Crippen LogP contribution in [0.15, 0.2) is 18.2 Å². The van der Waals surface area contributed by atoms with Crippen LogP contribution in [-0.2, 0) is 25.1 Å². The first kappa shape index (κ1) is 25.0. The molecule has 34 heavy (non-hydrogen) atoms. The van der Waals surface area contributed by atoms with Crippen molar-refractivity contribution in [2.45, 2.75) is 63.9 Å². The standard InChI is InChI=1S/C25H36N2O6S/c1-15(28)26-20(9-11-34(5)30)24(29)27-10-8-21-16(14-27)12-19-23(32-21)18-7-6-17(31-4)13-22(18)33-25(19,2)3/h6-7,13,16,19-21,23H,8-12,14H2,1-5H3,(H,26,28)/t16-,19+,20+,21+,23-,34-/m1/s1. The monoisotopic (exact) mass is 492 g/mol. The third-order valence-corrected chi connectivity index (χ3v) is 8.19. The Balaban J connectivity index is 1.49. The minimum atomic E-state index is -1.03. The molecule has 0 aromatic heterocycles. The lowest BCUT2D eigenvalue weighted by molar-refractivity contribution is -0.189. The molecule has 3 heterocycles. The SMILES string of the molecule is COc1ccc2c(c1)OC(C)(C)[C@H]1C[C@@H]3CN(C(=O)[C@H](CC[S@@](C)=O)NC(C)=O)CC[C@@H]3O[C@H]21. The summed E-state index contributed by atoms with van der Waals surface area (Å²) in [7, 11) is 0.620. The molecule has 0 unspecified atom stereocenters. The van der Waals surface area contributed by atoms with Gasteiger partial charge < -0.3 is 24.4 Å². The zero-order chi connectivity index (χ0) is 24.6. The van der Waals surface area contributed by atoms with E-state index >= 15 is 0 Å². The van der Waals surface area contributed by atoms with Crippen molar-refractivity contribution in [2.24, 2.45) is 11.8 Å². The summed E-state index contributed by atoms with van der Waals surface area (Å²) in [6.07, 6.45) is 3.63. The molecule has 0 radical (unpaired) electrons. The summed E-state index contributed by atoms with van der Waals surface area (Å²) in [6, 6.07) is 5.26. The predicted octanol–water partition coefficient (Wildman–Crippen LogP) is 2.43. The van der Waals surface area contributed by atoms with Gasteiger partial charge in [-0.15, -0.1) is 0 Å². The van der Waals surface area contributed by atoms with Gasteiger partial charge in [0.1, 0.15) is 23.1 Å². The summed E-state index contributed by atoms with van der Waals surface area (Å²) in [5.74, 6) is 1.93. The molecule has 1 aromatic rings. The average molecular weight is 493 g/mol. The summed E-state index contributed by atoms with van der Waals surface area (Å²) >= 11 is 0. The van der Waals surface area contributed by atoms with Crippen LogP contribution in [-0.4, -0.2) is 70.9 Å². The fourth-order valence-corrected chi connectivity index (χ4v) is 6.19. The minimum absolute atomic E-state index is 0.0557. The molecule has 6 atom stereocenters. The molecule has 3 aliphatic heterocycles. The summed E-state index contributed by atoms with van der Waals surface area (Å²) < 4.78 is 30.1. The first-order valence-electron chi connectivity index (χ1n) is 12.0. The number of carbonyl (C=O) groups is 2. The number of piperidine rings is 1. The van der Waals surface area contributed by atoms with Crippen molar-refractivity contribution in [1.29, 1.82) is 0 Å². The Labute approximate surface area is 204 Å². The smallest absolute Gasteiger partial charge is 0.245 e. The Morgan fingerprint density at radius 1 is 1.35 bits per heavy atom. The third-order valence-electron chi connectivity index (χ3n) is 7.38. The van der Waals surface area contributed by atoms with Gasteiger partial charge in [-0.25, -0.2) is 0 Å². The molecule has 0 spiro atoms. The van der Waals surface area contributed by atoms with Gasteiger partial charge in [-0.2, -0.15) is 0 Å². The van der Waals surface area contributed by atoms with Gasteiger partial charge in [0.15, 0.2) is 0 Å². The van der Waals surface area contributed by atoms with Crippen LogP contribution in [0, 0.1) is 11.8 Å². The lowest BCUT2D eigenvalue weighted by Gasteiger charge is -2.53. The second kappa shape index (κ2) is 9.85. The maximum absolute atomic E-state index is 13.3. The van der Waals surface area contributed by atoms with E-state index in [0.29, 0.717) is 25.3 Å². The van der Waals surface area contributed by atoms with Crippen molar-refractivity contribution in [3.63, 3.8) is 0 Å². The number of nitrogens with zero attached hydrogens (tertiary/aromatic N) is 1. The van der Waals surface area contributed by atoms with E-state index in [0.717, 1.165) is 29.9 Å². The maximum atomic E-state index is 13.3. The van der Waals surface area contributed by atoms with Crippen LogP contribution in [0.4, 0.5) is 0 Å². The van der Waals surface area contributed by atoms with E-state index < -0.39 is 22.4 Å². The molecule has 2 saturated heterocycles. The topological polar surface area (TPSA) is 94.2 Å². The number of methoxy groups -OCH3 is 1. The molecular weight excluding hydrogens is 456 g/mol. The van der Waals surface area contributed by atoms with Crippen LogP contribution < -0.4 is 14.8 Å². The quantitative estimate of drug-likeness (QED) is 0.656. The lowest BCUT2D eigenvalue weighted by atomic mass is 9.70. The Morgan fingerprint density at radius 2 is 2.12 bits per heavy atom. The third kappa shape index (κ3) is 5.10. The second-order valence-corrected chi connectivity index (χ2v) is 11.8. The molecule has 0 aliphatic carbocycles. The summed E-state index contributed by atoms with van der Waals surface area (Å²) in [4.78, 5) is 26.8. The van der Waals surface area contributed by atoms with Gasteiger partial charge in [-0.05, 0) is 45.2 Å². The number of hydrogen-bond acceptors (Lipinski definition) is 6. The highest BCUT2D eigenvalue weighted by molar-refractivity contribution is 7.84. The van der Waals surface area contributed by atoms with E-state index in [1.54, 1.807) is 13.4 Å². The van der Waals surface area contributed by atoms with Crippen molar-refractivity contribution in [1.82, 2.24) is 10.2 Å². The van der Waals surface area contributed by atoms with Crippen LogP contribution in [0.1, 0.15) is 51.7 Å². The molecule has 4 rings (SSSR count). The van der Waals surface area contributed by atoms with Gasteiger partial charge in [0.05, 0.1) is 19.3 Å². The largest absolute Gasteiger partial charge is 0.497 e. The van der Waals surface area contributed by atoms with E-state index in [1.165, 1.54) is 6.92 Å². The van der Waals surface area contributed by atoms with Gasteiger partial charge in [0, 0.05) is 66.3 Å². The molecular formula is C25H36N2O6S. The number of rotatable bonds is 6. The summed E-state index contributed by atoms with van der Waals surface area (Å²) in [5.41, 5.74) is 0.630. The Morgan fingerprint density at radius 3 is 2.79 bits per heavy atom. The molecule has 2 fully saturated rings. The first-order valence-corrected chi connectivity index (χ1v) is 13.7. The fourth-order valence-electron chi connectivity index (χ4n) is 5.62. The Kier molecular flexibility index (Phi) is 7.24. The van der Waals surface area contributed by atoms with Gasteiger partial charge in [-0.1, -0.05) is 0 Å². The van der Waals surface area contributed by atoms with Crippen molar-refractivity contribution < 1.29 is 28.0 Å². The number of fused-ring (bicyclic) bond motifs is 4. The summed E-state index contributed by atoms with van der Waals surface area (Å²) in [5, 5.41) is 2.76. The molecule has 1 N–H and O–H groups in total. The predicted molar refractivity (Wildman–Crippen MR) is 129 cm³/mol. The molecule has 0 bridgehead atoms. The summed E-state index contributed by atoms with van der Waals surface area (Å²) in [6.45, 7) is 6.77. The van der Waals surface area contributed by atoms with Gasteiger partial charge >= 0.3 is 0 Å².